The van der Waals surface area contributed by atoms with Crippen LogP contribution in [0.2, 0.25) is 0 Å². The van der Waals surface area contributed by atoms with Crippen molar-refractivity contribution in [2.75, 3.05) is 4.72 Å². The molecular formula is C13H10FN3O2S. The maximum atomic E-state index is 13.7. The Morgan fingerprint density at radius 3 is 2.75 bits per heavy atom. The molecule has 0 amide bonds. The molecule has 2 rings (SSSR count). The lowest BCUT2D eigenvalue weighted by Gasteiger charge is -2.09. The van der Waals surface area contributed by atoms with E-state index in [1.807, 2.05) is 0 Å². The van der Waals surface area contributed by atoms with Gasteiger partial charge in [0, 0.05) is 6.20 Å². The minimum atomic E-state index is -4.07. The highest BCUT2D eigenvalue weighted by Gasteiger charge is 2.20. The maximum Gasteiger partial charge on any atom is 0.264 e. The van der Waals surface area contributed by atoms with Gasteiger partial charge in [0.25, 0.3) is 10.0 Å². The molecule has 0 bridgehead atoms. The summed E-state index contributed by atoms with van der Waals surface area (Å²) >= 11 is 0. The Kier molecular flexibility index (Phi) is 3.68. The second-order valence-electron chi connectivity index (χ2n) is 4.05. The first-order valence-electron chi connectivity index (χ1n) is 5.58. The van der Waals surface area contributed by atoms with E-state index in [1.54, 1.807) is 19.1 Å². The van der Waals surface area contributed by atoms with Gasteiger partial charge in [0.15, 0.2) is 5.69 Å². The number of nitrogens with one attached hydrogen (secondary N) is 1. The van der Waals surface area contributed by atoms with Gasteiger partial charge in [-0.15, -0.1) is 0 Å². The van der Waals surface area contributed by atoms with Gasteiger partial charge in [-0.1, -0.05) is 6.07 Å². The molecule has 2 aromatic rings. The molecule has 0 saturated carbocycles. The number of rotatable bonds is 3. The van der Waals surface area contributed by atoms with Crippen LogP contribution in [0.25, 0.3) is 0 Å². The predicted octanol–water partition coefficient (Wildman–Crippen LogP) is 2.20. The van der Waals surface area contributed by atoms with Crippen LogP contribution >= 0.6 is 0 Å². The first-order chi connectivity index (χ1) is 9.44. The Morgan fingerprint density at radius 1 is 1.35 bits per heavy atom. The second kappa shape index (κ2) is 5.27. The predicted molar refractivity (Wildman–Crippen MR) is 70.9 cm³/mol. The molecule has 0 fully saturated rings. The fourth-order valence-corrected chi connectivity index (χ4v) is 2.77. The molecule has 5 nitrogen and oxygen atoms in total. The van der Waals surface area contributed by atoms with Gasteiger partial charge in [-0.25, -0.2) is 17.8 Å². The largest absolute Gasteiger partial charge is 0.277 e. The highest BCUT2D eigenvalue weighted by atomic mass is 32.2. The van der Waals surface area contributed by atoms with E-state index < -0.39 is 15.8 Å². The summed E-state index contributed by atoms with van der Waals surface area (Å²) in [6.45, 7) is 1.69. The van der Waals surface area contributed by atoms with Crippen molar-refractivity contribution in [3.63, 3.8) is 0 Å². The molecule has 20 heavy (non-hydrogen) atoms. The average molecular weight is 291 g/mol. The van der Waals surface area contributed by atoms with Crippen LogP contribution in [0.5, 0.6) is 0 Å². The molecule has 1 N–H and O–H groups in total. The maximum absolute atomic E-state index is 13.7. The van der Waals surface area contributed by atoms with Crippen LogP contribution in [-0.2, 0) is 10.0 Å². The number of halogens is 1. The van der Waals surface area contributed by atoms with Crippen LogP contribution in [0.3, 0.4) is 0 Å². The molecule has 0 radical (unpaired) electrons. The third kappa shape index (κ3) is 2.75. The Morgan fingerprint density at radius 2 is 2.10 bits per heavy atom. The van der Waals surface area contributed by atoms with Gasteiger partial charge < -0.3 is 0 Å². The number of sulfonamides is 1. The van der Waals surface area contributed by atoms with Crippen molar-refractivity contribution in [2.24, 2.45) is 0 Å². The Bertz CT molecular complexity index is 798. The quantitative estimate of drug-likeness (QED) is 0.939. The van der Waals surface area contributed by atoms with Crippen LogP contribution in [0.15, 0.2) is 41.4 Å². The smallest absolute Gasteiger partial charge is 0.264 e. The number of nitriles is 1. The molecule has 7 heteroatoms. The summed E-state index contributed by atoms with van der Waals surface area (Å²) in [5, 5.41) is 8.86. The van der Waals surface area contributed by atoms with E-state index in [0.29, 0.717) is 5.56 Å². The number of hydrogen-bond donors (Lipinski definition) is 1. The van der Waals surface area contributed by atoms with Crippen LogP contribution < -0.4 is 4.72 Å². The Balaban J connectivity index is 2.44. The van der Waals surface area contributed by atoms with Crippen molar-refractivity contribution in [3.05, 3.63) is 53.6 Å². The van der Waals surface area contributed by atoms with Crippen molar-refractivity contribution in [1.82, 2.24) is 4.98 Å². The van der Waals surface area contributed by atoms with Gasteiger partial charge in [0.05, 0.1) is 5.69 Å². The van der Waals surface area contributed by atoms with E-state index in [1.165, 1.54) is 30.5 Å². The number of anilines is 1. The monoisotopic (exact) mass is 291 g/mol. The number of pyridine rings is 1. The van der Waals surface area contributed by atoms with E-state index in [-0.39, 0.29) is 16.3 Å². The molecule has 0 aliphatic carbocycles. The van der Waals surface area contributed by atoms with Gasteiger partial charge in [-0.05, 0) is 36.8 Å². The third-order valence-corrected chi connectivity index (χ3v) is 3.93. The molecule has 0 spiro atoms. The van der Waals surface area contributed by atoms with E-state index in [4.69, 9.17) is 5.26 Å². The van der Waals surface area contributed by atoms with Gasteiger partial charge in [-0.2, -0.15) is 5.26 Å². The Hall–Kier alpha value is -2.46. The number of hydrogen-bond acceptors (Lipinski definition) is 4. The SMILES string of the molecule is Cc1ccc(NS(=O)(=O)c2cccnc2C#N)c(F)c1. The standard InChI is InChI=1S/C13H10FN3O2S/c1-9-4-5-11(10(14)7-9)17-20(18,19)13-3-2-6-16-12(13)8-15/h2-7,17H,1H3. The van der Waals surface area contributed by atoms with Gasteiger partial charge in [-0.3, -0.25) is 4.72 Å². The lowest BCUT2D eigenvalue weighted by atomic mass is 10.2. The summed E-state index contributed by atoms with van der Waals surface area (Å²) in [5.74, 6) is -0.684. The molecule has 1 aromatic carbocycles. The van der Waals surface area contributed by atoms with Crippen molar-refractivity contribution >= 4 is 15.7 Å². The zero-order valence-electron chi connectivity index (χ0n) is 10.5. The minimum absolute atomic E-state index is 0.177. The zero-order valence-corrected chi connectivity index (χ0v) is 11.3. The zero-order chi connectivity index (χ0) is 14.8. The third-order valence-electron chi connectivity index (χ3n) is 2.54. The normalized spacial score (nSPS) is 10.8. The van der Waals surface area contributed by atoms with Crippen molar-refractivity contribution in [1.29, 1.82) is 5.26 Å². The van der Waals surface area contributed by atoms with Crippen LogP contribution in [0, 0.1) is 24.1 Å². The highest BCUT2D eigenvalue weighted by molar-refractivity contribution is 7.92. The molecular weight excluding hydrogens is 281 g/mol. The first kappa shape index (κ1) is 14.0. The van der Waals surface area contributed by atoms with E-state index in [0.717, 1.165) is 0 Å². The number of aromatic nitrogens is 1. The summed E-state index contributed by atoms with van der Waals surface area (Å²) in [5.41, 5.74) is 0.250. The van der Waals surface area contributed by atoms with E-state index in [2.05, 4.69) is 9.71 Å². The number of nitrogens with zero attached hydrogens (tertiary/aromatic N) is 2. The van der Waals surface area contributed by atoms with E-state index in [9.17, 15) is 12.8 Å². The molecule has 0 atom stereocenters. The van der Waals surface area contributed by atoms with Crippen LogP contribution in [0.4, 0.5) is 10.1 Å². The second-order valence-corrected chi connectivity index (χ2v) is 5.70. The topological polar surface area (TPSA) is 82.8 Å². The van der Waals surface area contributed by atoms with E-state index >= 15 is 0 Å². The summed E-state index contributed by atoms with van der Waals surface area (Å²) in [7, 11) is -4.07. The molecule has 1 heterocycles. The van der Waals surface area contributed by atoms with Crippen molar-refractivity contribution in [2.45, 2.75) is 11.8 Å². The summed E-state index contributed by atoms with van der Waals surface area (Å²) in [6.07, 6.45) is 1.31. The summed E-state index contributed by atoms with van der Waals surface area (Å²) < 4.78 is 40.1. The van der Waals surface area contributed by atoms with Gasteiger partial charge >= 0.3 is 0 Å². The number of aryl methyl sites for hydroxylation is 1. The fraction of sp³-hybridized carbons (Fsp3) is 0.0769. The molecule has 102 valence electrons. The fourth-order valence-electron chi connectivity index (χ4n) is 1.59. The van der Waals surface area contributed by atoms with Crippen LogP contribution in [0.1, 0.15) is 11.3 Å². The lowest BCUT2D eigenvalue weighted by Crippen LogP contribution is -2.16. The van der Waals surface area contributed by atoms with Crippen molar-refractivity contribution < 1.29 is 12.8 Å². The lowest BCUT2D eigenvalue weighted by molar-refractivity contribution is 0.597. The molecule has 0 saturated heterocycles. The van der Waals surface area contributed by atoms with Gasteiger partial charge in [0.2, 0.25) is 0 Å². The minimum Gasteiger partial charge on any atom is -0.277 e. The molecule has 0 unspecified atom stereocenters. The number of benzene rings is 1. The molecule has 1 aromatic heterocycles. The Labute approximate surface area is 115 Å². The highest BCUT2D eigenvalue weighted by Crippen LogP contribution is 2.21. The molecule has 0 aliphatic rings. The summed E-state index contributed by atoms with van der Waals surface area (Å²) in [4.78, 5) is 3.38. The summed E-state index contributed by atoms with van der Waals surface area (Å²) in [6, 6.07) is 8.43. The average Bonchev–Trinajstić information content (AvgIpc) is 2.42. The van der Waals surface area contributed by atoms with Gasteiger partial charge in [0.1, 0.15) is 16.8 Å². The van der Waals surface area contributed by atoms with Crippen LogP contribution in [-0.4, -0.2) is 13.4 Å². The molecule has 0 aliphatic heterocycles. The first-order valence-corrected chi connectivity index (χ1v) is 7.06. The van der Waals surface area contributed by atoms with Crippen molar-refractivity contribution in [3.8, 4) is 6.07 Å².